The van der Waals surface area contributed by atoms with Crippen LogP contribution in [0.15, 0.2) is 24.5 Å². The molecule has 2 N–H and O–H groups in total. The topological polar surface area (TPSA) is 51.8 Å². The van der Waals surface area contributed by atoms with Crippen LogP contribution in [0.1, 0.15) is 16.7 Å². The van der Waals surface area contributed by atoms with Gasteiger partial charge in [0, 0.05) is 5.56 Å². The molecule has 0 atom stereocenters. The van der Waals surface area contributed by atoms with E-state index in [9.17, 15) is 0 Å². The fourth-order valence-corrected chi connectivity index (χ4v) is 1.68. The summed E-state index contributed by atoms with van der Waals surface area (Å²) in [6.45, 7) is 6.27. The Morgan fingerprint density at radius 3 is 2.06 bits per heavy atom. The highest BCUT2D eigenvalue weighted by molar-refractivity contribution is 5.62. The number of hydrogen-bond acceptors (Lipinski definition) is 3. The number of rotatable bonds is 1. The molecule has 0 amide bonds. The first-order valence-corrected chi connectivity index (χ1v) is 5.23. The lowest BCUT2D eigenvalue weighted by Gasteiger charge is -2.08. The molecule has 1 heterocycles. The molecular formula is C13H15N3. The van der Waals surface area contributed by atoms with Crippen LogP contribution in [0, 0.1) is 20.8 Å². The molecule has 82 valence electrons. The van der Waals surface area contributed by atoms with Gasteiger partial charge >= 0.3 is 0 Å². The SMILES string of the molecule is Cc1cc(C)c(-c2ncc(N)cn2)cc1C. The van der Waals surface area contributed by atoms with Gasteiger partial charge in [-0.15, -0.1) is 0 Å². The summed E-state index contributed by atoms with van der Waals surface area (Å²) in [5.74, 6) is 0.731. The number of benzene rings is 1. The molecule has 3 heteroatoms. The molecule has 0 aliphatic carbocycles. The minimum Gasteiger partial charge on any atom is -0.396 e. The average Bonchev–Trinajstić information content (AvgIpc) is 2.25. The molecule has 0 saturated heterocycles. The Kier molecular flexibility index (Phi) is 2.60. The van der Waals surface area contributed by atoms with Crippen molar-refractivity contribution < 1.29 is 0 Å². The smallest absolute Gasteiger partial charge is 0.159 e. The maximum Gasteiger partial charge on any atom is 0.159 e. The van der Waals surface area contributed by atoms with E-state index in [1.54, 1.807) is 12.4 Å². The summed E-state index contributed by atoms with van der Waals surface area (Å²) in [6, 6.07) is 4.28. The highest BCUT2D eigenvalue weighted by atomic mass is 14.9. The summed E-state index contributed by atoms with van der Waals surface area (Å²) in [6.07, 6.45) is 3.27. The van der Waals surface area contributed by atoms with E-state index < -0.39 is 0 Å². The van der Waals surface area contributed by atoms with Gasteiger partial charge in [-0.3, -0.25) is 0 Å². The van der Waals surface area contributed by atoms with Crippen LogP contribution in [0.25, 0.3) is 11.4 Å². The molecule has 0 aliphatic rings. The van der Waals surface area contributed by atoms with Crippen molar-refractivity contribution >= 4 is 5.69 Å². The molecule has 0 spiro atoms. The predicted octanol–water partition coefficient (Wildman–Crippen LogP) is 2.65. The fourth-order valence-electron chi connectivity index (χ4n) is 1.68. The van der Waals surface area contributed by atoms with Crippen molar-refractivity contribution in [3.8, 4) is 11.4 Å². The Labute approximate surface area is 95.4 Å². The Morgan fingerprint density at radius 1 is 0.875 bits per heavy atom. The molecule has 0 fully saturated rings. The lowest BCUT2D eigenvalue weighted by molar-refractivity contribution is 1.16. The Morgan fingerprint density at radius 2 is 1.44 bits per heavy atom. The molecule has 0 aliphatic heterocycles. The zero-order valence-corrected chi connectivity index (χ0v) is 9.78. The molecule has 0 unspecified atom stereocenters. The van der Waals surface area contributed by atoms with Crippen LogP contribution in [0.4, 0.5) is 5.69 Å². The number of aromatic nitrogens is 2. The summed E-state index contributed by atoms with van der Waals surface area (Å²) < 4.78 is 0. The molecule has 3 nitrogen and oxygen atoms in total. The van der Waals surface area contributed by atoms with Gasteiger partial charge < -0.3 is 5.73 Å². The van der Waals surface area contributed by atoms with Crippen molar-refractivity contribution in [2.24, 2.45) is 0 Å². The Bertz CT molecular complexity index is 515. The normalized spacial score (nSPS) is 10.4. The molecule has 0 radical (unpaired) electrons. The number of anilines is 1. The largest absolute Gasteiger partial charge is 0.396 e. The maximum absolute atomic E-state index is 5.57. The number of aryl methyl sites for hydroxylation is 3. The highest BCUT2D eigenvalue weighted by Crippen LogP contribution is 2.23. The van der Waals surface area contributed by atoms with Crippen LogP contribution < -0.4 is 5.73 Å². The van der Waals surface area contributed by atoms with Crippen molar-refractivity contribution in [1.82, 2.24) is 9.97 Å². The summed E-state index contributed by atoms with van der Waals surface area (Å²) in [5.41, 5.74) is 11.0. The van der Waals surface area contributed by atoms with Gasteiger partial charge in [0.05, 0.1) is 18.1 Å². The lowest BCUT2D eigenvalue weighted by Crippen LogP contribution is -1.95. The molecule has 16 heavy (non-hydrogen) atoms. The molecule has 2 rings (SSSR count). The van der Waals surface area contributed by atoms with Crippen molar-refractivity contribution in [3.05, 3.63) is 41.2 Å². The average molecular weight is 213 g/mol. The van der Waals surface area contributed by atoms with Crippen LogP contribution >= 0.6 is 0 Å². The van der Waals surface area contributed by atoms with Gasteiger partial charge in [-0.05, 0) is 43.5 Å². The first-order valence-electron chi connectivity index (χ1n) is 5.23. The summed E-state index contributed by atoms with van der Waals surface area (Å²) in [7, 11) is 0. The predicted molar refractivity (Wildman–Crippen MR) is 66.1 cm³/mol. The van der Waals surface area contributed by atoms with Crippen LogP contribution in [-0.2, 0) is 0 Å². The molecule has 1 aromatic heterocycles. The zero-order valence-electron chi connectivity index (χ0n) is 9.78. The van der Waals surface area contributed by atoms with Gasteiger partial charge in [-0.25, -0.2) is 9.97 Å². The van der Waals surface area contributed by atoms with Gasteiger partial charge in [0.2, 0.25) is 0 Å². The third kappa shape index (κ3) is 1.89. The van der Waals surface area contributed by atoms with Crippen molar-refractivity contribution in [2.45, 2.75) is 20.8 Å². The summed E-state index contributed by atoms with van der Waals surface area (Å²) in [4.78, 5) is 8.49. The highest BCUT2D eigenvalue weighted by Gasteiger charge is 2.06. The number of nitrogens with two attached hydrogens (primary N) is 1. The maximum atomic E-state index is 5.57. The van der Waals surface area contributed by atoms with E-state index in [1.165, 1.54) is 16.7 Å². The van der Waals surface area contributed by atoms with Gasteiger partial charge in [-0.2, -0.15) is 0 Å². The van der Waals surface area contributed by atoms with Crippen molar-refractivity contribution in [2.75, 3.05) is 5.73 Å². The van der Waals surface area contributed by atoms with E-state index in [-0.39, 0.29) is 0 Å². The quantitative estimate of drug-likeness (QED) is 0.792. The van der Waals surface area contributed by atoms with E-state index in [2.05, 4.69) is 42.9 Å². The molecule has 2 aromatic rings. The second kappa shape index (κ2) is 3.93. The van der Waals surface area contributed by atoms with Gasteiger partial charge in [0.15, 0.2) is 5.82 Å². The minimum absolute atomic E-state index is 0.588. The van der Waals surface area contributed by atoms with Crippen LogP contribution in [-0.4, -0.2) is 9.97 Å². The monoisotopic (exact) mass is 213 g/mol. The number of nitrogens with zero attached hydrogens (tertiary/aromatic N) is 2. The fraction of sp³-hybridized carbons (Fsp3) is 0.231. The second-order valence-corrected chi connectivity index (χ2v) is 4.09. The minimum atomic E-state index is 0.588. The Hall–Kier alpha value is -1.90. The van der Waals surface area contributed by atoms with Crippen LogP contribution in [0.2, 0.25) is 0 Å². The lowest BCUT2D eigenvalue weighted by atomic mass is 10.0. The van der Waals surface area contributed by atoms with Gasteiger partial charge in [0.25, 0.3) is 0 Å². The van der Waals surface area contributed by atoms with Crippen molar-refractivity contribution in [3.63, 3.8) is 0 Å². The van der Waals surface area contributed by atoms with E-state index in [0.717, 1.165) is 11.4 Å². The number of hydrogen-bond donors (Lipinski definition) is 1. The molecular weight excluding hydrogens is 198 g/mol. The second-order valence-electron chi connectivity index (χ2n) is 4.09. The van der Waals surface area contributed by atoms with E-state index in [4.69, 9.17) is 5.73 Å². The van der Waals surface area contributed by atoms with Gasteiger partial charge in [-0.1, -0.05) is 6.07 Å². The van der Waals surface area contributed by atoms with E-state index in [1.807, 2.05) is 0 Å². The summed E-state index contributed by atoms with van der Waals surface area (Å²) >= 11 is 0. The van der Waals surface area contributed by atoms with E-state index in [0.29, 0.717) is 5.69 Å². The third-order valence-electron chi connectivity index (χ3n) is 2.75. The molecule has 0 bridgehead atoms. The number of nitrogen functional groups attached to an aromatic ring is 1. The molecule has 0 saturated carbocycles. The first-order chi connectivity index (χ1) is 7.58. The molecule has 1 aromatic carbocycles. The van der Waals surface area contributed by atoms with Gasteiger partial charge in [0.1, 0.15) is 0 Å². The zero-order chi connectivity index (χ0) is 11.7. The van der Waals surface area contributed by atoms with Crippen LogP contribution in [0.3, 0.4) is 0 Å². The van der Waals surface area contributed by atoms with Crippen LogP contribution in [0.5, 0.6) is 0 Å². The first kappa shape index (κ1) is 10.6. The Balaban J connectivity index is 2.56. The summed E-state index contributed by atoms with van der Waals surface area (Å²) in [5, 5.41) is 0. The van der Waals surface area contributed by atoms with E-state index >= 15 is 0 Å². The van der Waals surface area contributed by atoms with Crippen molar-refractivity contribution in [1.29, 1.82) is 0 Å². The standard InChI is InChI=1S/C13H15N3/c1-8-4-10(3)12(5-9(8)2)13-15-6-11(14)7-16-13/h4-7H,14H2,1-3H3. The third-order valence-corrected chi connectivity index (χ3v) is 2.75.